The summed E-state index contributed by atoms with van der Waals surface area (Å²) in [4.78, 5) is 0. The molecule has 2 aromatic rings. The summed E-state index contributed by atoms with van der Waals surface area (Å²) in [5.74, 6) is 0.899. The monoisotopic (exact) mass is 310 g/mol. The zero-order valence-corrected chi connectivity index (χ0v) is 11.5. The summed E-state index contributed by atoms with van der Waals surface area (Å²) in [5, 5.41) is 0.738. The normalized spacial score (nSPS) is 10.2. The minimum Gasteiger partial charge on any atom is -0.493 e. The average molecular weight is 312 g/mol. The van der Waals surface area contributed by atoms with Gasteiger partial charge in [-0.2, -0.15) is 0 Å². The highest BCUT2D eigenvalue weighted by Gasteiger charge is 1.99. The van der Waals surface area contributed by atoms with Crippen LogP contribution in [0.1, 0.15) is 5.56 Å². The molecule has 2 rings (SSSR count). The van der Waals surface area contributed by atoms with E-state index in [4.69, 9.17) is 16.3 Å². The molecule has 0 aliphatic carbocycles. The Morgan fingerprint density at radius 3 is 2.53 bits per heavy atom. The van der Waals surface area contributed by atoms with Crippen LogP contribution in [0.3, 0.4) is 0 Å². The van der Waals surface area contributed by atoms with Gasteiger partial charge in [0, 0.05) is 10.9 Å². The summed E-state index contributed by atoms with van der Waals surface area (Å²) < 4.78 is 6.55. The Balaban J connectivity index is 1.88. The van der Waals surface area contributed by atoms with Crippen LogP contribution in [0, 0.1) is 0 Å². The zero-order valence-electron chi connectivity index (χ0n) is 9.20. The summed E-state index contributed by atoms with van der Waals surface area (Å²) >= 11 is 9.39. The fourth-order valence-corrected chi connectivity index (χ4v) is 1.95. The van der Waals surface area contributed by atoms with E-state index in [0.717, 1.165) is 21.7 Å². The molecule has 0 aliphatic heterocycles. The first kappa shape index (κ1) is 12.5. The maximum absolute atomic E-state index is 6.02. The van der Waals surface area contributed by atoms with Gasteiger partial charge < -0.3 is 4.74 Å². The van der Waals surface area contributed by atoms with Gasteiger partial charge in [-0.15, -0.1) is 0 Å². The first-order chi connectivity index (χ1) is 8.25. The van der Waals surface area contributed by atoms with Crippen molar-refractivity contribution in [3.05, 3.63) is 63.6 Å². The molecular weight excluding hydrogens is 300 g/mol. The SMILES string of the molecule is Clc1cc(CCOc2ccccc2)ccc1Br. The molecule has 0 amide bonds. The van der Waals surface area contributed by atoms with Crippen LogP contribution in [0.4, 0.5) is 0 Å². The maximum Gasteiger partial charge on any atom is 0.119 e. The molecule has 0 atom stereocenters. The molecule has 88 valence electrons. The van der Waals surface area contributed by atoms with Gasteiger partial charge in [0.2, 0.25) is 0 Å². The Labute approximate surface area is 115 Å². The van der Waals surface area contributed by atoms with Crippen LogP contribution in [0.25, 0.3) is 0 Å². The Morgan fingerprint density at radius 2 is 1.82 bits per heavy atom. The highest BCUT2D eigenvalue weighted by atomic mass is 79.9. The van der Waals surface area contributed by atoms with Gasteiger partial charge in [-0.25, -0.2) is 0 Å². The summed E-state index contributed by atoms with van der Waals surface area (Å²) in [6, 6.07) is 15.8. The van der Waals surface area contributed by atoms with Crippen LogP contribution < -0.4 is 4.74 Å². The van der Waals surface area contributed by atoms with Gasteiger partial charge in [0.15, 0.2) is 0 Å². The van der Waals surface area contributed by atoms with Crippen molar-refractivity contribution in [2.45, 2.75) is 6.42 Å². The number of ether oxygens (including phenoxy) is 1. The average Bonchev–Trinajstić information content (AvgIpc) is 2.35. The van der Waals surface area contributed by atoms with Gasteiger partial charge in [0.1, 0.15) is 5.75 Å². The van der Waals surface area contributed by atoms with E-state index in [1.54, 1.807) is 0 Å². The van der Waals surface area contributed by atoms with Gasteiger partial charge in [0.25, 0.3) is 0 Å². The predicted molar refractivity (Wildman–Crippen MR) is 74.8 cm³/mol. The lowest BCUT2D eigenvalue weighted by Crippen LogP contribution is -2.01. The molecule has 0 aliphatic rings. The molecule has 17 heavy (non-hydrogen) atoms. The number of hydrogen-bond acceptors (Lipinski definition) is 1. The van der Waals surface area contributed by atoms with E-state index in [1.807, 2.05) is 48.5 Å². The standard InChI is InChI=1S/C14H12BrClO/c15-13-7-6-11(10-14(13)16)8-9-17-12-4-2-1-3-5-12/h1-7,10H,8-9H2. The number of hydrogen-bond donors (Lipinski definition) is 0. The first-order valence-electron chi connectivity index (χ1n) is 5.37. The number of halogens is 2. The highest BCUT2D eigenvalue weighted by Crippen LogP contribution is 2.23. The van der Waals surface area contributed by atoms with E-state index in [2.05, 4.69) is 15.9 Å². The quantitative estimate of drug-likeness (QED) is 0.793. The molecule has 3 heteroatoms. The summed E-state index contributed by atoms with van der Waals surface area (Å²) in [6.07, 6.45) is 0.849. The molecule has 0 N–H and O–H groups in total. The fourth-order valence-electron chi connectivity index (χ4n) is 1.50. The largest absolute Gasteiger partial charge is 0.493 e. The van der Waals surface area contributed by atoms with Gasteiger partial charge in [-0.1, -0.05) is 35.9 Å². The second kappa shape index (κ2) is 6.08. The van der Waals surface area contributed by atoms with Crippen molar-refractivity contribution < 1.29 is 4.74 Å². The summed E-state index contributed by atoms with van der Waals surface area (Å²) in [5.41, 5.74) is 1.18. The van der Waals surface area contributed by atoms with Crippen LogP contribution in [0.15, 0.2) is 53.0 Å². The lowest BCUT2D eigenvalue weighted by Gasteiger charge is -2.06. The van der Waals surface area contributed by atoms with Crippen molar-refractivity contribution in [3.63, 3.8) is 0 Å². The molecule has 0 saturated carbocycles. The van der Waals surface area contributed by atoms with Gasteiger partial charge in [-0.05, 0) is 45.8 Å². The number of para-hydroxylation sites is 1. The van der Waals surface area contributed by atoms with E-state index in [1.165, 1.54) is 5.56 Å². The van der Waals surface area contributed by atoms with E-state index >= 15 is 0 Å². The van der Waals surface area contributed by atoms with E-state index < -0.39 is 0 Å². The van der Waals surface area contributed by atoms with Crippen molar-refractivity contribution in [2.75, 3.05) is 6.61 Å². The number of rotatable bonds is 4. The van der Waals surface area contributed by atoms with Gasteiger partial charge in [-0.3, -0.25) is 0 Å². The van der Waals surface area contributed by atoms with E-state index in [-0.39, 0.29) is 0 Å². The Hall–Kier alpha value is -0.990. The lowest BCUT2D eigenvalue weighted by atomic mass is 10.2. The summed E-state index contributed by atoms with van der Waals surface area (Å²) in [6.45, 7) is 0.655. The minimum atomic E-state index is 0.655. The molecule has 0 heterocycles. The Bertz CT molecular complexity index is 485. The molecule has 0 radical (unpaired) electrons. The van der Waals surface area contributed by atoms with Crippen LogP contribution >= 0.6 is 27.5 Å². The van der Waals surface area contributed by atoms with E-state index in [0.29, 0.717) is 6.61 Å². The molecule has 1 nitrogen and oxygen atoms in total. The maximum atomic E-state index is 6.02. The first-order valence-corrected chi connectivity index (χ1v) is 6.54. The van der Waals surface area contributed by atoms with Crippen molar-refractivity contribution >= 4 is 27.5 Å². The molecule has 0 fully saturated rings. The third kappa shape index (κ3) is 3.76. The molecule has 0 bridgehead atoms. The molecule has 0 aromatic heterocycles. The molecule has 0 saturated heterocycles. The second-order valence-corrected chi connectivity index (χ2v) is 4.92. The van der Waals surface area contributed by atoms with Crippen molar-refractivity contribution in [1.29, 1.82) is 0 Å². The number of benzene rings is 2. The highest BCUT2D eigenvalue weighted by molar-refractivity contribution is 9.10. The smallest absolute Gasteiger partial charge is 0.119 e. The van der Waals surface area contributed by atoms with Gasteiger partial charge >= 0.3 is 0 Å². The van der Waals surface area contributed by atoms with Crippen LogP contribution in [0.5, 0.6) is 5.75 Å². The third-order valence-electron chi connectivity index (χ3n) is 2.39. The third-order valence-corrected chi connectivity index (χ3v) is 3.62. The Kier molecular flexibility index (Phi) is 4.46. The van der Waals surface area contributed by atoms with E-state index in [9.17, 15) is 0 Å². The van der Waals surface area contributed by atoms with Crippen LogP contribution in [0.2, 0.25) is 5.02 Å². The molecular formula is C14H12BrClO. The Morgan fingerprint density at radius 1 is 1.06 bits per heavy atom. The lowest BCUT2D eigenvalue weighted by molar-refractivity contribution is 0.322. The molecule has 2 aromatic carbocycles. The molecule has 0 unspecified atom stereocenters. The topological polar surface area (TPSA) is 9.23 Å². The van der Waals surface area contributed by atoms with Crippen molar-refractivity contribution in [3.8, 4) is 5.75 Å². The van der Waals surface area contributed by atoms with Crippen molar-refractivity contribution in [2.24, 2.45) is 0 Å². The zero-order chi connectivity index (χ0) is 12.1. The second-order valence-electron chi connectivity index (χ2n) is 3.66. The summed E-state index contributed by atoms with van der Waals surface area (Å²) in [7, 11) is 0. The van der Waals surface area contributed by atoms with Crippen LogP contribution in [-0.2, 0) is 6.42 Å². The molecule has 0 spiro atoms. The van der Waals surface area contributed by atoms with Crippen molar-refractivity contribution in [1.82, 2.24) is 0 Å². The fraction of sp³-hybridized carbons (Fsp3) is 0.143. The van der Waals surface area contributed by atoms with Gasteiger partial charge in [0.05, 0.1) is 11.6 Å². The predicted octanol–water partition coefficient (Wildman–Crippen LogP) is 4.72. The minimum absolute atomic E-state index is 0.655. The van der Waals surface area contributed by atoms with Crippen LogP contribution in [-0.4, -0.2) is 6.61 Å².